The van der Waals surface area contributed by atoms with Crippen molar-refractivity contribution in [1.29, 1.82) is 0 Å². The standard InChI is InChI=1S/C27H27N3O6S2/c1-35-26(31)23(37-24-14-8-9-15-28-24)17-18-16-21-20-12-6-7-13-22(20)30(25(21)29(18)27(32)36-2)38(33,34)19-10-4-3-5-11-19/h3-15,18,21,23,25H,16-17H2,1-2H3/t18-,21+,23-,25-/m0/s1. The maximum Gasteiger partial charge on any atom is 0.411 e. The number of anilines is 1. The highest BCUT2D eigenvalue weighted by Crippen LogP contribution is 2.53. The first-order chi connectivity index (χ1) is 18.4. The first-order valence-corrected chi connectivity index (χ1v) is 14.4. The summed E-state index contributed by atoms with van der Waals surface area (Å²) >= 11 is 1.25. The van der Waals surface area contributed by atoms with Crippen molar-refractivity contribution >= 4 is 39.5 Å². The Morgan fingerprint density at radius 3 is 2.39 bits per heavy atom. The summed E-state index contributed by atoms with van der Waals surface area (Å²) in [6.07, 6.45) is 0.828. The van der Waals surface area contributed by atoms with Crippen LogP contribution in [0.4, 0.5) is 10.5 Å². The molecule has 2 aliphatic rings. The number of likely N-dealkylation sites (tertiary alicyclic amines) is 1. The fraction of sp³-hybridized carbons (Fsp3) is 0.296. The number of fused-ring (bicyclic) bond motifs is 3. The lowest BCUT2D eigenvalue weighted by atomic mass is 9.95. The van der Waals surface area contributed by atoms with Gasteiger partial charge >= 0.3 is 12.1 Å². The van der Waals surface area contributed by atoms with Gasteiger partial charge in [0, 0.05) is 18.2 Å². The zero-order valence-electron chi connectivity index (χ0n) is 20.8. The van der Waals surface area contributed by atoms with Gasteiger partial charge in [0.25, 0.3) is 10.0 Å². The van der Waals surface area contributed by atoms with Crippen LogP contribution in [-0.4, -0.2) is 62.0 Å². The van der Waals surface area contributed by atoms with E-state index in [1.54, 1.807) is 48.7 Å². The quantitative estimate of drug-likeness (QED) is 0.316. The van der Waals surface area contributed by atoms with Crippen LogP contribution in [0, 0.1) is 0 Å². The Morgan fingerprint density at radius 1 is 1.00 bits per heavy atom. The molecule has 5 rings (SSSR count). The summed E-state index contributed by atoms with van der Waals surface area (Å²) in [6.45, 7) is 0. The number of nitrogens with zero attached hydrogens (tertiary/aromatic N) is 3. The number of para-hydroxylation sites is 1. The third-order valence-electron chi connectivity index (χ3n) is 6.91. The number of thioether (sulfide) groups is 1. The van der Waals surface area contributed by atoms with Gasteiger partial charge in [0.1, 0.15) is 11.4 Å². The van der Waals surface area contributed by atoms with E-state index < -0.39 is 39.5 Å². The molecule has 3 aromatic rings. The smallest absolute Gasteiger partial charge is 0.411 e. The number of carbonyl (C=O) groups excluding carboxylic acids is 2. The second-order valence-corrected chi connectivity index (χ2v) is 12.0. The van der Waals surface area contributed by atoms with Crippen LogP contribution >= 0.6 is 11.8 Å². The van der Waals surface area contributed by atoms with Crippen LogP contribution in [0.15, 0.2) is 88.9 Å². The molecule has 2 aliphatic heterocycles. The number of hydrogen-bond donors (Lipinski definition) is 0. The molecule has 1 saturated heterocycles. The lowest BCUT2D eigenvalue weighted by molar-refractivity contribution is -0.140. The highest BCUT2D eigenvalue weighted by atomic mass is 32.2. The number of esters is 1. The first-order valence-electron chi connectivity index (χ1n) is 12.1. The Morgan fingerprint density at radius 2 is 1.71 bits per heavy atom. The largest absolute Gasteiger partial charge is 0.468 e. The van der Waals surface area contributed by atoms with Gasteiger partial charge in [-0.15, -0.1) is 0 Å². The maximum absolute atomic E-state index is 14.0. The van der Waals surface area contributed by atoms with Gasteiger partial charge in [0.15, 0.2) is 0 Å². The highest BCUT2D eigenvalue weighted by molar-refractivity contribution is 8.00. The Labute approximate surface area is 225 Å². The minimum atomic E-state index is -4.03. The van der Waals surface area contributed by atoms with Crippen LogP contribution in [0.1, 0.15) is 24.3 Å². The van der Waals surface area contributed by atoms with Crippen LogP contribution in [-0.2, 0) is 24.3 Å². The van der Waals surface area contributed by atoms with Gasteiger partial charge in [-0.3, -0.25) is 9.69 Å². The molecule has 0 saturated carbocycles. The van der Waals surface area contributed by atoms with E-state index >= 15 is 0 Å². The molecule has 0 unspecified atom stereocenters. The van der Waals surface area contributed by atoms with Crippen LogP contribution < -0.4 is 4.31 Å². The molecule has 11 heteroatoms. The number of carbonyl (C=O) groups is 2. The van der Waals surface area contributed by atoms with Crippen LogP contribution in [0.25, 0.3) is 0 Å². The fourth-order valence-electron chi connectivity index (χ4n) is 5.33. The van der Waals surface area contributed by atoms with Crippen molar-refractivity contribution in [3.63, 3.8) is 0 Å². The molecule has 0 N–H and O–H groups in total. The number of ether oxygens (including phenoxy) is 2. The van der Waals surface area contributed by atoms with Crippen molar-refractivity contribution in [3.8, 4) is 0 Å². The van der Waals surface area contributed by atoms with E-state index in [9.17, 15) is 18.0 Å². The summed E-state index contributed by atoms with van der Waals surface area (Å²) in [4.78, 5) is 32.0. The predicted molar refractivity (Wildman–Crippen MR) is 142 cm³/mol. The maximum atomic E-state index is 14.0. The van der Waals surface area contributed by atoms with Gasteiger partial charge in [0.2, 0.25) is 0 Å². The molecule has 1 fully saturated rings. The van der Waals surface area contributed by atoms with Gasteiger partial charge in [-0.2, -0.15) is 0 Å². The summed E-state index contributed by atoms with van der Waals surface area (Å²) in [7, 11) is -1.44. The van der Waals surface area contributed by atoms with Crippen molar-refractivity contribution in [2.24, 2.45) is 0 Å². The monoisotopic (exact) mass is 553 g/mol. The van der Waals surface area contributed by atoms with Crippen LogP contribution in [0.5, 0.6) is 0 Å². The van der Waals surface area contributed by atoms with Crippen LogP contribution in [0.2, 0.25) is 0 Å². The van der Waals surface area contributed by atoms with Gasteiger partial charge < -0.3 is 9.47 Å². The molecule has 0 radical (unpaired) electrons. The Hall–Kier alpha value is -3.57. The summed E-state index contributed by atoms with van der Waals surface area (Å²) in [5, 5.41) is -0.0235. The number of aromatic nitrogens is 1. The van der Waals surface area contributed by atoms with E-state index in [-0.39, 0.29) is 17.2 Å². The third kappa shape index (κ3) is 4.60. The third-order valence-corrected chi connectivity index (χ3v) is 9.87. The number of benzene rings is 2. The molecular formula is C27H27N3O6S2. The van der Waals surface area contributed by atoms with Crippen molar-refractivity contribution in [3.05, 3.63) is 84.6 Å². The zero-order valence-corrected chi connectivity index (χ0v) is 22.5. The Balaban J connectivity index is 1.55. The molecule has 1 aromatic heterocycles. The van der Waals surface area contributed by atoms with Gasteiger partial charge in [-0.1, -0.05) is 54.2 Å². The first kappa shape index (κ1) is 26.1. The van der Waals surface area contributed by atoms with Gasteiger partial charge in [-0.05, 0) is 48.7 Å². The summed E-state index contributed by atoms with van der Waals surface area (Å²) < 4.78 is 39.5. The number of sulfonamides is 1. The fourth-order valence-corrected chi connectivity index (χ4v) is 8.10. The zero-order chi connectivity index (χ0) is 26.9. The van der Waals surface area contributed by atoms with Gasteiger partial charge in [-0.25, -0.2) is 22.5 Å². The van der Waals surface area contributed by atoms with Crippen molar-refractivity contribution < 1.29 is 27.5 Å². The van der Waals surface area contributed by atoms with E-state index in [2.05, 4.69) is 4.98 Å². The number of hydrogen-bond acceptors (Lipinski definition) is 8. The predicted octanol–water partition coefficient (Wildman–Crippen LogP) is 4.26. The second-order valence-electron chi connectivity index (χ2n) is 8.99. The number of pyridine rings is 1. The molecule has 3 heterocycles. The molecule has 0 aliphatic carbocycles. The lowest BCUT2D eigenvalue weighted by Crippen LogP contribution is -2.52. The lowest BCUT2D eigenvalue weighted by Gasteiger charge is -2.35. The molecule has 9 nitrogen and oxygen atoms in total. The van der Waals surface area contributed by atoms with E-state index in [0.717, 1.165) is 5.56 Å². The van der Waals surface area contributed by atoms with E-state index in [1.807, 2.05) is 18.2 Å². The summed E-state index contributed by atoms with van der Waals surface area (Å²) in [6, 6.07) is 20.4. The molecule has 1 amide bonds. The molecule has 2 aromatic carbocycles. The van der Waals surface area contributed by atoms with Crippen molar-refractivity contribution in [2.45, 2.75) is 46.1 Å². The van der Waals surface area contributed by atoms with Crippen molar-refractivity contribution in [1.82, 2.24) is 9.88 Å². The molecule has 38 heavy (non-hydrogen) atoms. The number of amides is 1. The van der Waals surface area contributed by atoms with Gasteiger partial charge in [0.05, 0.1) is 29.8 Å². The SMILES string of the molecule is COC(=O)[C@H](C[C@@H]1C[C@@H]2c3ccccc3N(S(=O)(=O)c3ccccc3)[C@@H]2N1C(=O)OC)Sc1ccccn1. The Bertz CT molecular complexity index is 1420. The van der Waals surface area contributed by atoms with Crippen molar-refractivity contribution in [2.75, 3.05) is 18.5 Å². The van der Waals surface area contributed by atoms with E-state index in [1.165, 1.54) is 47.3 Å². The van der Waals surface area contributed by atoms with E-state index in [0.29, 0.717) is 17.1 Å². The second kappa shape index (κ2) is 10.7. The molecule has 198 valence electrons. The average molecular weight is 554 g/mol. The number of methoxy groups -OCH3 is 2. The minimum Gasteiger partial charge on any atom is -0.468 e. The molecule has 4 atom stereocenters. The normalized spacial score (nSPS) is 20.9. The van der Waals surface area contributed by atoms with Crippen LogP contribution in [0.3, 0.4) is 0 Å². The molecule has 0 bridgehead atoms. The molecule has 0 spiro atoms. The highest BCUT2D eigenvalue weighted by Gasteiger charge is 2.56. The summed E-state index contributed by atoms with van der Waals surface area (Å²) in [5.41, 5.74) is 1.37. The Kier molecular flexibility index (Phi) is 7.31. The molecular weight excluding hydrogens is 526 g/mol. The minimum absolute atomic E-state index is 0.127. The average Bonchev–Trinajstić information content (AvgIpc) is 3.47. The topological polar surface area (TPSA) is 106 Å². The van der Waals surface area contributed by atoms with E-state index in [4.69, 9.17) is 9.47 Å². The number of rotatable bonds is 7. The summed E-state index contributed by atoms with van der Waals surface area (Å²) in [5.74, 6) is -0.747.